The van der Waals surface area contributed by atoms with Gasteiger partial charge in [0.05, 0.1) is 10.7 Å². The topological polar surface area (TPSA) is 24.9 Å². The maximum Gasteiger partial charge on any atom is 0.0959 e. The molecule has 0 saturated carbocycles. The van der Waals surface area contributed by atoms with Crippen LogP contribution >= 0.6 is 11.3 Å². The Hall–Kier alpha value is -0.410. The number of nitrogens with zero attached hydrogens (tertiary/aromatic N) is 1. The fraction of sp³-hybridized carbons (Fsp3) is 0.727. The zero-order valence-electron chi connectivity index (χ0n) is 8.97. The minimum absolute atomic E-state index is 0.649. The Bertz CT molecular complexity index is 283. The second-order valence-electron chi connectivity index (χ2n) is 4.04. The van der Waals surface area contributed by atoms with Crippen molar-refractivity contribution in [3.05, 3.63) is 15.6 Å². The number of thiazole rings is 1. The third-order valence-electron chi connectivity index (χ3n) is 2.76. The van der Waals surface area contributed by atoms with E-state index >= 15 is 0 Å². The van der Waals surface area contributed by atoms with Gasteiger partial charge in [0, 0.05) is 30.3 Å². The zero-order valence-corrected chi connectivity index (χ0v) is 9.78. The van der Waals surface area contributed by atoms with Gasteiger partial charge in [-0.15, -0.1) is 11.3 Å². The van der Waals surface area contributed by atoms with Crippen LogP contribution in [-0.4, -0.2) is 11.5 Å². The summed E-state index contributed by atoms with van der Waals surface area (Å²) in [6, 6.07) is 0. The molecule has 0 bridgehead atoms. The van der Waals surface area contributed by atoms with Crippen molar-refractivity contribution in [1.29, 1.82) is 0 Å². The van der Waals surface area contributed by atoms with Crippen molar-refractivity contribution in [3.8, 4) is 0 Å². The highest BCUT2D eigenvalue weighted by Gasteiger charge is 2.17. The van der Waals surface area contributed by atoms with Crippen LogP contribution in [0.4, 0.5) is 0 Å². The van der Waals surface area contributed by atoms with Gasteiger partial charge in [-0.1, -0.05) is 20.3 Å². The van der Waals surface area contributed by atoms with Crippen LogP contribution in [-0.2, 0) is 13.0 Å². The quantitative estimate of drug-likeness (QED) is 0.829. The first kappa shape index (κ1) is 10.1. The van der Waals surface area contributed by atoms with Crippen molar-refractivity contribution in [2.24, 2.45) is 0 Å². The van der Waals surface area contributed by atoms with E-state index < -0.39 is 0 Å². The van der Waals surface area contributed by atoms with Gasteiger partial charge in [-0.2, -0.15) is 0 Å². The molecule has 0 fully saturated rings. The standard InChI is InChI=1S/C11H18N2S/c1-3-4-8(2)11-13-9-5-6-12-7-10(9)14-11/h8,12H,3-7H2,1-2H3. The summed E-state index contributed by atoms with van der Waals surface area (Å²) in [6.07, 6.45) is 3.63. The lowest BCUT2D eigenvalue weighted by molar-refractivity contribution is 0.632. The summed E-state index contributed by atoms with van der Waals surface area (Å²) in [5, 5.41) is 4.74. The van der Waals surface area contributed by atoms with Gasteiger partial charge in [-0.25, -0.2) is 4.98 Å². The van der Waals surface area contributed by atoms with Gasteiger partial charge >= 0.3 is 0 Å². The number of hydrogen-bond donors (Lipinski definition) is 1. The summed E-state index contributed by atoms with van der Waals surface area (Å²) in [7, 11) is 0. The van der Waals surface area contributed by atoms with Gasteiger partial charge in [0.15, 0.2) is 0 Å². The minimum atomic E-state index is 0.649. The van der Waals surface area contributed by atoms with Crippen LogP contribution in [0.5, 0.6) is 0 Å². The van der Waals surface area contributed by atoms with E-state index in [1.807, 2.05) is 11.3 Å². The molecule has 1 aromatic heterocycles. The molecule has 2 nitrogen and oxygen atoms in total. The molecule has 0 radical (unpaired) electrons. The third-order valence-corrected chi connectivity index (χ3v) is 4.09. The molecule has 1 aliphatic heterocycles. The molecular weight excluding hydrogens is 192 g/mol. The van der Waals surface area contributed by atoms with E-state index in [0.29, 0.717) is 5.92 Å². The van der Waals surface area contributed by atoms with Crippen LogP contribution in [0.15, 0.2) is 0 Å². The van der Waals surface area contributed by atoms with Crippen LogP contribution < -0.4 is 5.32 Å². The van der Waals surface area contributed by atoms with Crippen LogP contribution in [0.3, 0.4) is 0 Å². The van der Waals surface area contributed by atoms with Gasteiger partial charge in [0.1, 0.15) is 0 Å². The first-order valence-electron chi connectivity index (χ1n) is 5.50. The number of hydrogen-bond acceptors (Lipinski definition) is 3. The molecule has 2 rings (SSSR count). The lowest BCUT2D eigenvalue weighted by Gasteiger charge is -2.09. The zero-order chi connectivity index (χ0) is 9.97. The average Bonchev–Trinajstić information content (AvgIpc) is 2.61. The Balaban J connectivity index is 2.15. The summed E-state index contributed by atoms with van der Waals surface area (Å²) < 4.78 is 0. The van der Waals surface area contributed by atoms with E-state index in [4.69, 9.17) is 4.98 Å². The number of rotatable bonds is 3. The van der Waals surface area contributed by atoms with E-state index in [-0.39, 0.29) is 0 Å². The molecule has 0 aliphatic carbocycles. The van der Waals surface area contributed by atoms with E-state index in [1.54, 1.807) is 0 Å². The predicted molar refractivity (Wildman–Crippen MR) is 60.8 cm³/mol. The van der Waals surface area contributed by atoms with Crippen LogP contribution in [0, 0.1) is 0 Å². The van der Waals surface area contributed by atoms with Crippen LogP contribution in [0.2, 0.25) is 0 Å². The highest BCUT2D eigenvalue weighted by molar-refractivity contribution is 7.11. The molecule has 2 heterocycles. The maximum absolute atomic E-state index is 4.75. The van der Waals surface area contributed by atoms with E-state index in [2.05, 4.69) is 19.2 Å². The molecule has 0 saturated heterocycles. The summed E-state index contributed by atoms with van der Waals surface area (Å²) in [6.45, 7) is 6.66. The molecule has 78 valence electrons. The maximum atomic E-state index is 4.75. The lowest BCUT2D eigenvalue weighted by atomic mass is 10.1. The van der Waals surface area contributed by atoms with E-state index in [0.717, 1.165) is 19.5 Å². The SMILES string of the molecule is CCCC(C)c1nc2c(s1)CNCC2. The molecule has 0 amide bonds. The highest BCUT2D eigenvalue weighted by Crippen LogP contribution is 2.29. The Kier molecular flexibility index (Phi) is 3.19. The fourth-order valence-corrected chi connectivity index (χ4v) is 3.08. The molecule has 1 aliphatic rings. The number of nitrogens with one attached hydrogen (secondary N) is 1. The number of aromatic nitrogens is 1. The summed E-state index contributed by atoms with van der Waals surface area (Å²) in [5.41, 5.74) is 1.35. The Morgan fingerprint density at radius 1 is 1.57 bits per heavy atom. The molecule has 1 atom stereocenters. The predicted octanol–water partition coefficient (Wildman–Crippen LogP) is 2.69. The first-order valence-corrected chi connectivity index (χ1v) is 6.32. The highest BCUT2D eigenvalue weighted by atomic mass is 32.1. The van der Waals surface area contributed by atoms with Crippen molar-refractivity contribution in [2.45, 2.75) is 45.6 Å². The molecule has 1 unspecified atom stereocenters. The molecule has 0 aromatic carbocycles. The monoisotopic (exact) mass is 210 g/mol. The van der Waals surface area contributed by atoms with E-state index in [1.165, 1.54) is 28.4 Å². The molecular formula is C11H18N2S. The van der Waals surface area contributed by atoms with Gasteiger partial charge in [-0.05, 0) is 6.42 Å². The minimum Gasteiger partial charge on any atom is -0.311 e. The van der Waals surface area contributed by atoms with Crippen LogP contribution in [0.25, 0.3) is 0 Å². The van der Waals surface area contributed by atoms with Gasteiger partial charge in [0.25, 0.3) is 0 Å². The fourth-order valence-electron chi connectivity index (χ4n) is 1.91. The second-order valence-corrected chi connectivity index (χ2v) is 5.15. The van der Waals surface area contributed by atoms with Gasteiger partial charge < -0.3 is 5.32 Å². The van der Waals surface area contributed by atoms with Crippen molar-refractivity contribution in [3.63, 3.8) is 0 Å². The average molecular weight is 210 g/mol. The lowest BCUT2D eigenvalue weighted by Crippen LogP contribution is -2.22. The van der Waals surface area contributed by atoms with Gasteiger partial charge in [0.2, 0.25) is 0 Å². The molecule has 1 aromatic rings. The Morgan fingerprint density at radius 2 is 2.43 bits per heavy atom. The Labute approximate surface area is 89.8 Å². The second kappa shape index (κ2) is 4.41. The van der Waals surface area contributed by atoms with Crippen molar-refractivity contribution in [1.82, 2.24) is 10.3 Å². The van der Waals surface area contributed by atoms with Crippen molar-refractivity contribution < 1.29 is 0 Å². The molecule has 14 heavy (non-hydrogen) atoms. The summed E-state index contributed by atoms with van der Waals surface area (Å²) in [5.74, 6) is 0.649. The normalized spacial score (nSPS) is 17.9. The Morgan fingerprint density at radius 3 is 3.14 bits per heavy atom. The van der Waals surface area contributed by atoms with Gasteiger partial charge in [-0.3, -0.25) is 0 Å². The molecule has 3 heteroatoms. The summed E-state index contributed by atoms with van der Waals surface area (Å²) in [4.78, 5) is 6.21. The smallest absolute Gasteiger partial charge is 0.0959 e. The molecule has 0 spiro atoms. The van der Waals surface area contributed by atoms with Crippen LogP contribution in [0.1, 0.15) is 48.2 Å². The van der Waals surface area contributed by atoms with Crippen molar-refractivity contribution in [2.75, 3.05) is 6.54 Å². The largest absolute Gasteiger partial charge is 0.311 e. The number of fused-ring (bicyclic) bond motifs is 1. The third kappa shape index (κ3) is 1.98. The molecule has 1 N–H and O–H groups in total. The van der Waals surface area contributed by atoms with Crippen molar-refractivity contribution >= 4 is 11.3 Å². The summed E-state index contributed by atoms with van der Waals surface area (Å²) >= 11 is 1.91. The first-order chi connectivity index (χ1) is 6.81. The van der Waals surface area contributed by atoms with E-state index in [9.17, 15) is 0 Å².